The first-order valence-electron chi connectivity index (χ1n) is 9.58. The number of nitrogens with zero attached hydrogens (tertiary/aromatic N) is 3. The molecule has 2 aliphatic rings. The summed E-state index contributed by atoms with van der Waals surface area (Å²) in [6.45, 7) is 5.59. The Hall–Kier alpha value is -1.77. The van der Waals surface area contributed by atoms with Gasteiger partial charge in [-0.05, 0) is 50.7 Å². The molecule has 0 N–H and O–H groups in total. The number of aryl methyl sites for hydroxylation is 1. The van der Waals surface area contributed by atoms with Crippen LogP contribution in [0, 0.1) is 0 Å². The maximum Gasteiger partial charge on any atom is 0.0759 e. The van der Waals surface area contributed by atoms with E-state index in [1.165, 1.54) is 61.8 Å². The van der Waals surface area contributed by atoms with Crippen LogP contribution in [0.3, 0.4) is 0 Å². The smallest absolute Gasteiger partial charge is 0.0759 e. The third-order valence-electron chi connectivity index (χ3n) is 6.13. The van der Waals surface area contributed by atoms with Crippen molar-refractivity contribution in [2.75, 3.05) is 4.90 Å². The number of fused-ring (bicyclic) bond motifs is 1. The lowest BCUT2D eigenvalue weighted by atomic mass is 9.80. The predicted molar refractivity (Wildman–Crippen MR) is 99.5 cm³/mol. The normalized spacial score (nSPS) is 20.1. The lowest BCUT2D eigenvalue weighted by Crippen LogP contribution is -2.53. The summed E-state index contributed by atoms with van der Waals surface area (Å²) in [5, 5.41) is 4.58. The van der Waals surface area contributed by atoms with Crippen LogP contribution >= 0.6 is 0 Å². The molecule has 0 amide bonds. The lowest BCUT2D eigenvalue weighted by Gasteiger charge is -2.48. The van der Waals surface area contributed by atoms with Gasteiger partial charge in [0.25, 0.3) is 0 Å². The average Bonchev–Trinajstić information content (AvgIpc) is 3.22. The first-order chi connectivity index (χ1) is 11.7. The fourth-order valence-electron chi connectivity index (χ4n) is 4.89. The number of benzene rings is 1. The Morgan fingerprint density at radius 2 is 1.79 bits per heavy atom. The van der Waals surface area contributed by atoms with Gasteiger partial charge in [-0.2, -0.15) is 5.10 Å². The molecule has 1 heterocycles. The molecule has 1 fully saturated rings. The van der Waals surface area contributed by atoms with E-state index in [-0.39, 0.29) is 5.54 Å². The van der Waals surface area contributed by atoms with Gasteiger partial charge in [-0.3, -0.25) is 4.68 Å². The molecule has 0 atom stereocenters. The Morgan fingerprint density at radius 3 is 2.38 bits per heavy atom. The highest BCUT2D eigenvalue weighted by Gasteiger charge is 2.40. The highest BCUT2D eigenvalue weighted by Crippen LogP contribution is 2.41. The second-order valence-electron chi connectivity index (χ2n) is 7.81. The molecule has 0 radical (unpaired) electrons. The van der Waals surface area contributed by atoms with Crippen LogP contribution in [0.15, 0.2) is 36.7 Å². The molecule has 128 valence electrons. The molecule has 1 saturated carbocycles. The number of rotatable bonds is 4. The van der Waals surface area contributed by atoms with E-state index >= 15 is 0 Å². The summed E-state index contributed by atoms with van der Waals surface area (Å²) in [5.74, 6) is 0. The summed E-state index contributed by atoms with van der Waals surface area (Å²) >= 11 is 0. The van der Waals surface area contributed by atoms with Gasteiger partial charge in [-0.25, -0.2) is 0 Å². The summed E-state index contributed by atoms with van der Waals surface area (Å²) in [7, 11) is 0. The molecule has 24 heavy (non-hydrogen) atoms. The molecule has 3 heteroatoms. The van der Waals surface area contributed by atoms with E-state index in [0.29, 0.717) is 6.04 Å². The zero-order chi connectivity index (χ0) is 16.6. The van der Waals surface area contributed by atoms with Gasteiger partial charge in [0, 0.05) is 24.3 Å². The summed E-state index contributed by atoms with van der Waals surface area (Å²) in [5.41, 5.74) is 4.66. The standard InChI is InChI=1S/C21H29N3/c1-3-23-16-20(15-22-23)24(21(2)11-7-4-8-12-21)19-13-17-9-5-6-10-18(17)14-19/h5-6,9-10,15-16,19H,3-4,7-8,11-14H2,1-2H3. The van der Waals surface area contributed by atoms with Crippen molar-refractivity contribution in [3.8, 4) is 0 Å². The molecule has 1 aromatic carbocycles. The Morgan fingerprint density at radius 1 is 1.12 bits per heavy atom. The maximum absolute atomic E-state index is 4.58. The topological polar surface area (TPSA) is 21.1 Å². The molecule has 3 nitrogen and oxygen atoms in total. The van der Waals surface area contributed by atoms with Crippen molar-refractivity contribution in [3.05, 3.63) is 47.8 Å². The molecule has 1 aromatic heterocycles. The molecule has 4 rings (SSSR count). The Kier molecular flexibility index (Phi) is 4.11. The second kappa shape index (κ2) is 6.27. The minimum absolute atomic E-state index is 0.270. The molecule has 2 aliphatic carbocycles. The molecule has 0 spiro atoms. The van der Waals surface area contributed by atoms with Gasteiger partial charge in [0.1, 0.15) is 0 Å². The van der Waals surface area contributed by atoms with Crippen molar-refractivity contribution >= 4 is 5.69 Å². The highest BCUT2D eigenvalue weighted by atomic mass is 15.3. The minimum atomic E-state index is 0.270. The van der Waals surface area contributed by atoms with E-state index in [0.717, 1.165) is 6.54 Å². The van der Waals surface area contributed by atoms with Gasteiger partial charge in [-0.15, -0.1) is 0 Å². The predicted octanol–water partition coefficient (Wildman–Crippen LogP) is 4.60. The largest absolute Gasteiger partial charge is 0.360 e. The Bertz CT molecular complexity index is 672. The zero-order valence-electron chi connectivity index (χ0n) is 15.0. The molecular formula is C21H29N3. The summed E-state index contributed by atoms with van der Waals surface area (Å²) in [6.07, 6.45) is 13.4. The molecule has 0 unspecified atom stereocenters. The van der Waals surface area contributed by atoms with Crippen molar-refractivity contribution in [2.24, 2.45) is 0 Å². The Balaban J connectivity index is 1.68. The van der Waals surface area contributed by atoms with Crippen molar-refractivity contribution in [1.29, 1.82) is 0 Å². The fraction of sp³-hybridized carbons (Fsp3) is 0.571. The quantitative estimate of drug-likeness (QED) is 0.820. The van der Waals surface area contributed by atoms with Crippen LogP contribution in [-0.2, 0) is 19.4 Å². The van der Waals surface area contributed by atoms with Crippen molar-refractivity contribution in [2.45, 2.75) is 76.9 Å². The van der Waals surface area contributed by atoms with Gasteiger partial charge in [-0.1, -0.05) is 43.5 Å². The van der Waals surface area contributed by atoms with Crippen molar-refractivity contribution in [1.82, 2.24) is 9.78 Å². The summed E-state index contributed by atoms with van der Waals surface area (Å²) < 4.78 is 2.07. The van der Waals surface area contributed by atoms with E-state index in [9.17, 15) is 0 Å². The molecule has 0 bridgehead atoms. The fourth-order valence-corrected chi connectivity index (χ4v) is 4.89. The molecule has 0 aliphatic heterocycles. The third kappa shape index (κ3) is 2.74. The van der Waals surface area contributed by atoms with E-state index in [1.54, 1.807) is 0 Å². The SMILES string of the molecule is CCn1cc(N(C2Cc3ccccc3C2)C2(C)CCCCC2)cn1. The lowest BCUT2D eigenvalue weighted by molar-refractivity contribution is 0.278. The van der Waals surface area contributed by atoms with Gasteiger partial charge in [0.05, 0.1) is 11.9 Å². The van der Waals surface area contributed by atoms with Crippen LogP contribution in [0.2, 0.25) is 0 Å². The number of anilines is 1. The number of hydrogen-bond acceptors (Lipinski definition) is 2. The first kappa shape index (κ1) is 15.7. The van der Waals surface area contributed by atoms with Crippen LogP contribution < -0.4 is 4.90 Å². The van der Waals surface area contributed by atoms with Gasteiger partial charge in [0.15, 0.2) is 0 Å². The van der Waals surface area contributed by atoms with Crippen LogP contribution in [-0.4, -0.2) is 21.4 Å². The van der Waals surface area contributed by atoms with Crippen LogP contribution in [0.25, 0.3) is 0 Å². The van der Waals surface area contributed by atoms with Crippen molar-refractivity contribution < 1.29 is 0 Å². The van der Waals surface area contributed by atoms with E-state index in [2.05, 4.69) is 65.2 Å². The van der Waals surface area contributed by atoms with Crippen LogP contribution in [0.5, 0.6) is 0 Å². The molecule has 2 aromatic rings. The third-order valence-corrected chi connectivity index (χ3v) is 6.13. The van der Waals surface area contributed by atoms with E-state index in [4.69, 9.17) is 0 Å². The minimum Gasteiger partial charge on any atom is -0.360 e. The van der Waals surface area contributed by atoms with Gasteiger partial charge >= 0.3 is 0 Å². The molecular weight excluding hydrogens is 294 g/mol. The first-order valence-corrected chi connectivity index (χ1v) is 9.58. The Labute approximate surface area is 145 Å². The number of aromatic nitrogens is 2. The zero-order valence-corrected chi connectivity index (χ0v) is 15.0. The second-order valence-corrected chi connectivity index (χ2v) is 7.81. The van der Waals surface area contributed by atoms with E-state index < -0.39 is 0 Å². The number of hydrogen-bond donors (Lipinski definition) is 0. The van der Waals surface area contributed by atoms with Crippen LogP contribution in [0.4, 0.5) is 5.69 Å². The highest BCUT2D eigenvalue weighted by molar-refractivity contribution is 5.50. The van der Waals surface area contributed by atoms with Crippen molar-refractivity contribution in [3.63, 3.8) is 0 Å². The van der Waals surface area contributed by atoms with Gasteiger partial charge in [0.2, 0.25) is 0 Å². The maximum atomic E-state index is 4.58. The van der Waals surface area contributed by atoms with E-state index in [1.807, 2.05) is 0 Å². The molecule has 0 saturated heterocycles. The monoisotopic (exact) mass is 323 g/mol. The van der Waals surface area contributed by atoms with Gasteiger partial charge < -0.3 is 4.90 Å². The average molecular weight is 323 g/mol. The summed E-state index contributed by atoms with van der Waals surface area (Å²) in [6, 6.07) is 9.56. The summed E-state index contributed by atoms with van der Waals surface area (Å²) in [4.78, 5) is 2.74. The van der Waals surface area contributed by atoms with Crippen LogP contribution in [0.1, 0.15) is 57.1 Å².